The third kappa shape index (κ3) is 5.75. The van der Waals surface area contributed by atoms with Crippen molar-refractivity contribution in [3.63, 3.8) is 0 Å². The lowest BCUT2D eigenvalue weighted by atomic mass is 10.2. The molecule has 1 aromatic rings. The highest BCUT2D eigenvalue weighted by molar-refractivity contribution is 7.80. The van der Waals surface area contributed by atoms with Gasteiger partial charge in [0.05, 0.1) is 7.11 Å². The van der Waals surface area contributed by atoms with Crippen molar-refractivity contribution in [2.24, 2.45) is 0 Å². The Morgan fingerprint density at radius 1 is 1.35 bits per heavy atom. The topological polar surface area (TPSA) is 33.7 Å². The lowest BCUT2D eigenvalue weighted by molar-refractivity contribution is 0.145. The first kappa shape index (κ1) is 16.7. The van der Waals surface area contributed by atoms with Crippen molar-refractivity contribution in [2.75, 3.05) is 33.9 Å². The van der Waals surface area contributed by atoms with E-state index in [0.717, 1.165) is 49.1 Å². The number of thiocarbonyl (C=S) groups is 1. The molecule has 0 bridgehead atoms. The number of hydrogen-bond acceptors (Lipinski definition) is 3. The SMILES string of the molecule is CCOCCCNC(=S)N(C)Cc1ccccc1OC. The average Bonchev–Trinajstić information content (AvgIpc) is 2.47. The molecule has 0 atom stereocenters. The maximum absolute atomic E-state index is 5.37. The molecule has 0 aliphatic rings. The van der Waals surface area contributed by atoms with E-state index < -0.39 is 0 Å². The Bertz CT molecular complexity index is 413. The van der Waals surface area contributed by atoms with Gasteiger partial charge >= 0.3 is 0 Å². The smallest absolute Gasteiger partial charge is 0.168 e. The molecule has 4 nitrogen and oxygen atoms in total. The number of nitrogens with zero attached hydrogens (tertiary/aromatic N) is 1. The van der Waals surface area contributed by atoms with Crippen LogP contribution >= 0.6 is 12.2 Å². The predicted molar refractivity (Wildman–Crippen MR) is 86.2 cm³/mol. The molecule has 1 N–H and O–H groups in total. The normalized spacial score (nSPS) is 10.2. The summed E-state index contributed by atoms with van der Waals surface area (Å²) in [6.45, 7) is 5.08. The molecule has 5 heteroatoms. The van der Waals surface area contributed by atoms with Crippen molar-refractivity contribution in [1.29, 1.82) is 0 Å². The molecule has 0 spiro atoms. The molecular weight excluding hydrogens is 272 g/mol. The van der Waals surface area contributed by atoms with Crippen LogP contribution in [0.5, 0.6) is 5.75 Å². The van der Waals surface area contributed by atoms with Crippen molar-refractivity contribution in [3.8, 4) is 5.75 Å². The average molecular weight is 296 g/mol. The van der Waals surface area contributed by atoms with Crippen molar-refractivity contribution in [2.45, 2.75) is 19.9 Å². The highest BCUT2D eigenvalue weighted by atomic mass is 32.1. The summed E-state index contributed by atoms with van der Waals surface area (Å²) in [5.41, 5.74) is 1.12. The fraction of sp³-hybridized carbons (Fsp3) is 0.533. The van der Waals surface area contributed by atoms with Crippen LogP contribution in [0.25, 0.3) is 0 Å². The summed E-state index contributed by atoms with van der Waals surface area (Å²) in [5, 5.41) is 3.98. The van der Waals surface area contributed by atoms with E-state index in [1.54, 1.807) is 7.11 Å². The molecule has 0 unspecified atom stereocenters. The summed E-state index contributed by atoms with van der Waals surface area (Å²) >= 11 is 5.37. The quantitative estimate of drug-likeness (QED) is 0.588. The highest BCUT2D eigenvalue weighted by Crippen LogP contribution is 2.18. The molecule has 0 fully saturated rings. The van der Waals surface area contributed by atoms with Gasteiger partial charge in [-0.05, 0) is 31.6 Å². The zero-order valence-electron chi connectivity index (χ0n) is 12.5. The van der Waals surface area contributed by atoms with E-state index in [9.17, 15) is 0 Å². The number of rotatable bonds is 8. The molecule has 0 aliphatic carbocycles. The Kier molecular flexibility index (Phi) is 7.99. The summed E-state index contributed by atoms with van der Waals surface area (Å²) in [5.74, 6) is 0.887. The van der Waals surface area contributed by atoms with Gasteiger partial charge in [-0.15, -0.1) is 0 Å². The van der Waals surface area contributed by atoms with Gasteiger partial charge < -0.3 is 19.7 Å². The standard InChI is InChI=1S/C15H24N2O2S/c1-4-19-11-7-10-16-15(20)17(2)12-13-8-5-6-9-14(13)18-3/h5-6,8-9H,4,7,10-12H2,1-3H3,(H,16,20). The van der Waals surface area contributed by atoms with Gasteiger partial charge in [-0.1, -0.05) is 18.2 Å². The fourth-order valence-electron chi connectivity index (χ4n) is 1.81. The van der Waals surface area contributed by atoms with Crippen molar-refractivity contribution < 1.29 is 9.47 Å². The second-order valence-electron chi connectivity index (χ2n) is 4.45. The van der Waals surface area contributed by atoms with E-state index >= 15 is 0 Å². The van der Waals surface area contributed by atoms with E-state index in [4.69, 9.17) is 21.7 Å². The summed E-state index contributed by atoms with van der Waals surface area (Å²) in [6.07, 6.45) is 0.955. The minimum absolute atomic E-state index is 0.724. The van der Waals surface area contributed by atoms with Crippen LogP contribution in [0.3, 0.4) is 0 Å². The third-order valence-electron chi connectivity index (χ3n) is 2.89. The van der Waals surface area contributed by atoms with Gasteiger partial charge in [0.25, 0.3) is 0 Å². The van der Waals surface area contributed by atoms with E-state index in [-0.39, 0.29) is 0 Å². The van der Waals surface area contributed by atoms with Crippen LogP contribution in [0.1, 0.15) is 18.9 Å². The van der Waals surface area contributed by atoms with Crippen molar-refractivity contribution in [1.82, 2.24) is 10.2 Å². The summed E-state index contributed by atoms with van der Waals surface area (Å²) in [6, 6.07) is 7.98. The van der Waals surface area contributed by atoms with Crippen LogP contribution < -0.4 is 10.1 Å². The van der Waals surface area contributed by atoms with Crippen molar-refractivity contribution in [3.05, 3.63) is 29.8 Å². The maximum atomic E-state index is 5.37. The predicted octanol–water partition coefficient (Wildman–Crippen LogP) is 2.43. The molecule has 1 aromatic carbocycles. The maximum Gasteiger partial charge on any atom is 0.168 e. The van der Waals surface area contributed by atoms with E-state index in [0.29, 0.717) is 0 Å². The summed E-state index contributed by atoms with van der Waals surface area (Å²) in [4.78, 5) is 2.01. The molecule has 0 amide bonds. The minimum Gasteiger partial charge on any atom is -0.496 e. The monoisotopic (exact) mass is 296 g/mol. The molecule has 0 aliphatic heterocycles. The summed E-state index contributed by atoms with van der Waals surface area (Å²) < 4.78 is 10.6. The van der Waals surface area contributed by atoms with Crippen LogP contribution in [0.15, 0.2) is 24.3 Å². The van der Waals surface area contributed by atoms with Gasteiger partial charge in [0.2, 0.25) is 0 Å². The van der Waals surface area contributed by atoms with Crippen molar-refractivity contribution >= 4 is 17.3 Å². The largest absolute Gasteiger partial charge is 0.496 e. The van der Waals surface area contributed by atoms with Crippen LogP contribution in [-0.2, 0) is 11.3 Å². The first-order valence-electron chi connectivity index (χ1n) is 6.87. The van der Waals surface area contributed by atoms with Crippen LogP contribution in [0, 0.1) is 0 Å². The first-order chi connectivity index (χ1) is 9.69. The number of benzene rings is 1. The second-order valence-corrected chi connectivity index (χ2v) is 4.84. The Morgan fingerprint density at radius 3 is 2.80 bits per heavy atom. The fourth-order valence-corrected chi connectivity index (χ4v) is 1.98. The van der Waals surface area contributed by atoms with Crippen LogP contribution in [-0.4, -0.2) is 43.9 Å². The minimum atomic E-state index is 0.724. The van der Waals surface area contributed by atoms with Gasteiger partial charge in [-0.3, -0.25) is 0 Å². The molecule has 112 valence electrons. The first-order valence-corrected chi connectivity index (χ1v) is 7.28. The lowest BCUT2D eigenvalue weighted by Crippen LogP contribution is -2.37. The van der Waals surface area contributed by atoms with Gasteiger partial charge in [-0.25, -0.2) is 0 Å². The number of hydrogen-bond donors (Lipinski definition) is 1. The Labute approximate surface area is 127 Å². The van der Waals surface area contributed by atoms with Gasteiger partial charge in [0.1, 0.15) is 5.75 Å². The second kappa shape index (κ2) is 9.55. The Balaban J connectivity index is 2.37. The zero-order valence-corrected chi connectivity index (χ0v) is 13.3. The van der Waals surface area contributed by atoms with Gasteiger partial charge in [0.15, 0.2) is 5.11 Å². The number of methoxy groups -OCH3 is 1. The van der Waals surface area contributed by atoms with Crippen LogP contribution in [0.4, 0.5) is 0 Å². The zero-order chi connectivity index (χ0) is 14.8. The van der Waals surface area contributed by atoms with Crippen LogP contribution in [0.2, 0.25) is 0 Å². The molecule has 0 aromatic heterocycles. The number of nitrogens with one attached hydrogen (secondary N) is 1. The number of ether oxygens (including phenoxy) is 2. The molecule has 1 rings (SSSR count). The Hall–Kier alpha value is -1.33. The molecule has 0 heterocycles. The molecule has 0 radical (unpaired) electrons. The molecular formula is C15H24N2O2S. The Morgan fingerprint density at radius 2 is 2.10 bits per heavy atom. The lowest BCUT2D eigenvalue weighted by Gasteiger charge is -2.22. The van der Waals surface area contributed by atoms with E-state index in [1.807, 2.05) is 43.1 Å². The van der Waals surface area contributed by atoms with Gasteiger partial charge in [-0.2, -0.15) is 0 Å². The molecule has 20 heavy (non-hydrogen) atoms. The summed E-state index contributed by atoms with van der Waals surface area (Å²) in [7, 11) is 3.66. The molecule has 0 saturated carbocycles. The van der Waals surface area contributed by atoms with E-state index in [2.05, 4.69) is 5.32 Å². The van der Waals surface area contributed by atoms with Gasteiger partial charge in [0, 0.05) is 38.9 Å². The molecule has 0 saturated heterocycles. The highest BCUT2D eigenvalue weighted by Gasteiger charge is 2.08. The van der Waals surface area contributed by atoms with E-state index in [1.165, 1.54) is 0 Å². The third-order valence-corrected chi connectivity index (χ3v) is 3.35. The number of para-hydroxylation sites is 1.